The van der Waals surface area contributed by atoms with Crippen LogP contribution in [0.4, 0.5) is 5.82 Å². The van der Waals surface area contributed by atoms with Crippen LogP contribution in [-0.4, -0.2) is 38.3 Å². The summed E-state index contributed by atoms with van der Waals surface area (Å²) in [5.41, 5.74) is 8.05. The Bertz CT molecular complexity index is 777. The number of ether oxygens (including phenoxy) is 2. The summed E-state index contributed by atoms with van der Waals surface area (Å²) in [5.74, 6) is 2.83. The van der Waals surface area contributed by atoms with Gasteiger partial charge in [0, 0.05) is 25.8 Å². The van der Waals surface area contributed by atoms with Gasteiger partial charge < -0.3 is 25.4 Å². The second-order valence-electron chi connectivity index (χ2n) is 6.46. The smallest absolute Gasteiger partial charge is 0.189 e. The Morgan fingerprint density at radius 1 is 1.11 bits per heavy atom. The minimum absolute atomic E-state index is 0. The molecule has 0 radical (unpaired) electrons. The molecule has 2 aromatic rings. The van der Waals surface area contributed by atoms with Crippen molar-refractivity contribution in [1.82, 2.24) is 10.3 Å². The first-order valence-electron chi connectivity index (χ1n) is 9.14. The number of rotatable bonds is 7. The molecule has 1 fully saturated rings. The highest BCUT2D eigenvalue weighted by atomic mass is 127. The maximum absolute atomic E-state index is 5.98. The van der Waals surface area contributed by atoms with Crippen molar-refractivity contribution in [2.24, 2.45) is 10.7 Å². The summed E-state index contributed by atoms with van der Waals surface area (Å²) in [6, 6.07) is 9.87. The van der Waals surface area contributed by atoms with Crippen LogP contribution in [0.3, 0.4) is 0 Å². The number of aromatic nitrogens is 1. The van der Waals surface area contributed by atoms with Crippen LogP contribution in [0.2, 0.25) is 0 Å². The van der Waals surface area contributed by atoms with Gasteiger partial charge in [0.15, 0.2) is 17.5 Å². The molecule has 3 N–H and O–H groups in total. The van der Waals surface area contributed by atoms with E-state index in [1.807, 2.05) is 24.4 Å². The van der Waals surface area contributed by atoms with Gasteiger partial charge in [0.1, 0.15) is 5.82 Å². The highest BCUT2D eigenvalue weighted by molar-refractivity contribution is 14.0. The molecular weight excluding hydrogens is 469 g/mol. The molecule has 0 aliphatic carbocycles. The number of nitrogens with one attached hydrogen (secondary N) is 1. The maximum Gasteiger partial charge on any atom is 0.189 e. The van der Waals surface area contributed by atoms with Gasteiger partial charge in [-0.05, 0) is 42.2 Å². The zero-order chi connectivity index (χ0) is 19.1. The SMILES string of the molecule is COc1ccc(CNC(N)=NCc2ccc(N3CCCC3)nc2)cc1OC.I. The number of methoxy groups -OCH3 is 2. The summed E-state index contributed by atoms with van der Waals surface area (Å²) in [6.07, 6.45) is 4.37. The molecule has 0 atom stereocenters. The number of anilines is 1. The molecule has 2 heterocycles. The fourth-order valence-corrected chi connectivity index (χ4v) is 3.06. The quantitative estimate of drug-likeness (QED) is 0.348. The van der Waals surface area contributed by atoms with Crippen LogP contribution in [-0.2, 0) is 13.1 Å². The van der Waals surface area contributed by atoms with Gasteiger partial charge in [-0.3, -0.25) is 0 Å². The van der Waals surface area contributed by atoms with Gasteiger partial charge in [-0.2, -0.15) is 0 Å². The van der Waals surface area contributed by atoms with Crippen molar-refractivity contribution in [1.29, 1.82) is 0 Å². The molecule has 0 bridgehead atoms. The topological polar surface area (TPSA) is 85.0 Å². The third-order valence-corrected chi connectivity index (χ3v) is 4.59. The monoisotopic (exact) mass is 497 g/mol. The van der Waals surface area contributed by atoms with Gasteiger partial charge in [0.05, 0.1) is 20.8 Å². The molecule has 1 aliphatic rings. The van der Waals surface area contributed by atoms with Gasteiger partial charge in [0.25, 0.3) is 0 Å². The average Bonchev–Trinajstić information content (AvgIpc) is 3.25. The van der Waals surface area contributed by atoms with Crippen LogP contribution in [0.15, 0.2) is 41.5 Å². The van der Waals surface area contributed by atoms with Crippen molar-refractivity contribution >= 4 is 35.8 Å². The zero-order valence-electron chi connectivity index (χ0n) is 16.4. The van der Waals surface area contributed by atoms with Gasteiger partial charge in [-0.1, -0.05) is 12.1 Å². The van der Waals surface area contributed by atoms with Crippen LogP contribution in [0.1, 0.15) is 24.0 Å². The molecule has 28 heavy (non-hydrogen) atoms. The van der Waals surface area contributed by atoms with E-state index in [4.69, 9.17) is 15.2 Å². The first-order chi connectivity index (χ1) is 13.2. The lowest BCUT2D eigenvalue weighted by atomic mass is 10.2. The minimum Gasteiger partial charge on any atom is -0.493 e. The van der Waals surface area contributed by atoms with E-state index in [1.165, 1.54) is 12.8 Å². The standard InChI is InChI=1S/C20H27N5O2.HI/c1-26-17-7-5-15(11-18(17)27-2)12-23-20(21)24-14-16-6-8-19(22-13-16)25-9-3-4-10-25;/h5-8,11,13H,3-4,9-10,12,14H2,1-2H3,(H3,21,23,24);1H. The van der Waals surface area contributed by atoms with Crippen LogP contribution in [0.5, 0.6) is 11.5 Å². The molecule has 8 heteroatoms. The van der Waals surface area contributed by atoms with Gasteiger partial charge in [-0.25, -0.2) is 9.98 Å². The lowest BCUT2D eigenvalue weighted by Gasteiger charge is -2.16. The number of nitrogens with two attached hydrogens (primary N) is 1. The molecule has 0 unspecified atom stereocenters. The first-order valence-corrected chi connectivity index (χ1v) is 9.14. The number of nitrogens with zero attached hydrogens (tertiary/aromatic N) is 3. The molecule has 7 nitrogen and oxygen atoms in total. The second kappa shape index (κ2) is 10.9. The molecule has 1 aromatic heterocycles. The van der Waals surface area contributed by atoms with Crippen molar-refractivity contribution in [2.75, 3.05) is 32.2 Å². The van der Waals surface area contributed by atoms with Crippen molar-refractivity contribution < 1.29 is 9.47 Å². The summed E-state index contributed by atoms with van der Waals surface area (Å²) in [4.78, 5) is 11.2. The van der Waals surface area contributed by atoms with Crippen LogP contribution in [0.25, 0.3) is 0 Å². The fraction of sp³-hybridized carbons (Fsp3) is 0.400. The molecule has 0 amide bonds. The lowest BCUT2D eigenvalue weighted by molar-refractivity contribution is 0.354. The van der Waals surface area contributed by atoms with Crippen LogP contribution < -0.4 is 25.4 Å². The van der Waals surface area contributed by atoms with Crippen LogP contribution >= 0.6 is 24.0 Å². The summed E-state index contributed by atoms with van der Waals surface area (Å²) < 4.78 is 10.6. The first kappa shape index (κ1) is 22.1. The molecule has 0 spiro atoms. The molecule has 152 valence electrons. The Kier molecular flexibility index (Phi) is 8.62. The molecule has 1 aromatic carbocycles. The van der Waals surface area contributed by atoms with Crippen molar-refractivity contribution in [2.45, 2.75) is 25.9 Å². The predicted molar refractivity (Wildman–Crippen MR) is 123 cm³/mol. The Labute approximate surface area is 183 Å². The van der Waals surface area contributed by atoms with Crippen LogP contribution in [0, 0.1) is 0 Å². The van der Waals surface area contributed by atoms with E-state index in [1.54, 1.807) is 14.2 Å². The molecule has 1 saturated heterocycles. The number of hydrogen-bond acceptors (Lipinski definition) is 5. The predicted octanol–water partition coefficient (Wildman–Crippen LogP) is 2.92. The number of pyridine rings is 1. The van der Waals surface area contributed by atoms with Crippen molar-refractivity contribution in [3.8, 4) is 11.5 Å². The summed E-state index contributed by atoms with van der Waals surface area (Å²) in [7, 11) is 3.24. The Balaban J connectivity index is 0.00000280. The minimum atomic E-state index is 0. The van der Waals surface area contributed by atoms with Gasteiger partial charge in [0.2, 0.25) is 0 Å². The maximum atomic E-state index is 5.98. The Morgan fingerprint density at radius 3 is 2.46 bits per heavy atom. The number of aliphatic imine (C=N–C) groups is 1. The normalized spacial score (nSPS) is 13.8. The van der Waals surface area contributed by atoms with E-state index >= 15 is 0 Å². The summed E-state index contributed by atoms with van der Waals surface area (Å²) in [6.45, 7) is 3.24. The summed E-state index contributed by atoms with van der Waals surface area (Å²) >= 11 is 0. The largest absolute Gasteiger partial charge is 0.493 e. The van der Waals surface area contributed by atoms with E-state index in [0.29, 0.717) is 30.5 Å². The number of benzene rings is 1. The molecule has 1 aliphatic heterocycles. The highest BCUT2D eigenvalue weighted by Gasteiger charge is 2.12. The van der Waals surface area contributed by atoms with E-state index in [-0.39, 0.29) is 24.0 Å². The van der Waals surface area contributed by atoms with Crippen molar-refractivity contribution in [3.63, 3.8) is 0 Å². The van der Waals surface area contributed by atoms with Gasteiger partial charge in [-0.15, -0.1) is 24.0 Å². The Hall–Kier alpha value is -2.23. The zero-order valence-corrected chi connectivity index (χ0v) is 18.7. The molecular formula is C20H28IN5O2. The second-order valence-corrected chi connectivity index (χ2v) is 6.46. The molecule has 3 rings (SSSR count). The highest BCUT2D eigenvalue weighted by Crippen LogP contribution is 2.27. The third kappa shape index (κ3) is 5.88. The molecule has 0 saturated carbocycles. The van der Waals surface area contributed by atoms with E-state index < -0.39 is 0 Å². The third-order valence-electron chi connectivity index (χ3n) is 4.59. The summed E-state index contributed by atoms with van der Waals surface area (Å²) in [5, 5.41) is 3.12. The van der Waals surface area contributed by atoms with Gasteiger partial charge >= 0.3 is 0 Å². The lowest BCUT2D eigenvalue weighted by Crippen LogP contribution is -2.31. The number of halogens is 1. The number of guanidine groups is 1. The van der Waals surface area contributed by atoms with E-state index in [2.05, 4.69) is 32.3 Å². The van der Waals surface area contributed by atoms with E-state index in [9.17, 15) is 0 Å². The van der Waals surface area contributed by atoms with E-state index in [0.717, 1.165) is 30.0 Å². The number of hydrogen-bond donors (Lipinski definition) is 2. The average molecular weight is 497 g/mol. The van der Waals surface area contributed by atoms with Crippen molar-refractivity contribution in [3.05, 3.63) is 47.7 Å². The Morgan fingerprint density at radius 2 is 1.82 bits per heavy atom. The fourth-order valence-electron chi connectivity index (χ4n) is 3.06.